The first-order chi connectivity index (χ1) is 11.4. The fourth-order valence-electron chi connectivity index (χ4n) is 2.46. The number of pyridine rings is 1. The van der Waals surface area contributed by atoms with E-state index in [1.165, 1.54) is 10.4 Å². The fraction of sp³-hybridized carbons (Fsp3) is 0.286. The standard InChI is InChI=1S/C14H12Cl2N4O2S2/c15-12-8-11(14(16)23-12)24(21,22)20-5-3-19(4-6-20)13-7-10(9-17)1-2-18-13/h1-2,7-8H,3-6H2. The largest absolute Gasteiger partial charge is 0.354 e. The van der Waals surface area contributed by atoms with E-state index in [1.54, 1.807) is 18.3 Å². The number of halogens is 2. The van der Waals surface area contributed by atoms with Crippen molar-refractivity contribution in [3.8, 4) is 6.07 Å². The second-order valence-electron chi connectivity index (χ2n) is 5.09. The molecule has 2 aromatic heterocycles. The summed E-state index contributed by atoms with van der Waals surface area (Å²) in [5.74, 6) is 0.669. The van der Waals surface area contributed by atoms with E-state index in [9.17, 15) is 8.42 Å². The van der Waals surface area contributed by atoms with Gasteiger partial charge in [-0.05, 0) is 18.2 Å². The van der Waals surface area contributed by atoms with E-state index in [0.29, 0.717) is 41.9 Å². The SMILES string of the molecule is N#Cc1ccnc(N2CCN(S(=O)(=O)c3cc(Cl)sc3Cl)CC2)c1. The number of nitriles is 1. The van der Waals surface area contributed by atoms with Crippen molar-refractivity contribution in [3.63, 3.8) is 0 Å². The van der Waals surface area contributed by atoms with E-state index in [0.717, 1.165) is 11.3 Å². The average molecular weight is 403 g/mol. The summed E-state index contributed by atoms with van der Waals surface area (Å²) in [6.07, 6.45) is 1.57. The van der Waals surface area contributed by atoms with Gasteiger partial charge in [0, 0.05) is 32.4 Å². The zero-order valence-corrected chi connectivity index (χ0v) is 15.5. The van der Waals surface area contributed by atoms with Gasteiger partial charge >= 0.3 is 0 Å². The molecule has 0 atom stereocenters. The maximum atomic E-state index is 12.7. The number of thiophene rings is 1. The Hall–Kier alpha value is -1.37. The van der Waals surface area contributed by atoms with Crippen molar-refractivity contribution < 1.29 is 8.42 Å². The first-order valence-electron chi connectivity index (χ1n) is 6.98. The van der Waals surface area contributed by atoms with E-state index < -0.39 is 10.0 Å². The molecule has 0 unspecified atom stereocenters. The van der Waals surface area contributed by atoms with Crippen LogP contribution >= 0.6 is 34.5 Å². The third-order valence-corrected chi connectivity index (χ3v) is 7.33. The third kappa shape index (κ3) is 3.36. The quantitative estimate of drug-likeness (QED) is 0.788. The molecule has 24 heavy (non-hydrogen) atoms. The summed E-state index contributed by atoms with van der Waals surface area (Å²) in [5.41, 5.74) is 0.523. The zero-order valence-electron chi connectivity index (χ0n) is 12.3. The maximum absolute atomic E-state index is 12.7. The van der Waals surface area contributed by atoms with Crippen LogP contribution in [0.2, 0.25) is 8.67 Å². The minimum Gasteiger partial charge on any atom is -0.354 e. The minimum atomic E-state index is -3.66. The smallest absolute Gasteiger partial charge is 0.245 e. The van der Waals surface area contributed by atoms with Gasteiger partial charge in [0.25, 0.3) is 0 Å². The molecule has 1 aliphatic heterocycles. The van der Waals surface area contributed by atoms with Crippen molar-refractivity contribution in [1.82, 2.24) is 9.29 Å². The molecule has 6 nitrogen and oxygen atoms in total. The summed E-state index contributed by atoms with van der Waals surface area (Å²) in [7, 11) is -3.66. The lowest BCUT2D eigenvalue weighted by atomic mass is 10.2. The van der Waals surface area contributed by atoms with Crippen LogP contribution in [0.4, 0.5) is 5.82 Å². The summed E-state index contributed by atoms with van der Waals surface area (Å²) >= 11 is 12.9. The Morgan fingerprint density at radius 1 is 1.21 bits per heavy atom. The Bertz CT molecular complexity index is 900. The topological polar surface area (TPSA) is 77.3 Å². The molecule has 1 aliphatic rings. The highest BCUT2D eigenvalue weighted by Gasteiger charge is 2.31. The van der Waals surface area contributed by atoms with Crippen LogP contribution in [0.3, 0.4) is 0 Å². The predicted octanol–water partition coefficient (Wildman–Crippen LogP) is 2.83. The number of hydrogen-bond donors (Lipinski definition) is 0. The highest BCUT2D eigenvalue weighted by atomic mass is 35.5. The normalized spacial score (nSPS) is 16.1. The van der Waals surface area contributed by atoms with E-state index >= 15 is 0 Å². The molecule has 3 rings (SSSR count). The Morgan fingerprint density at radius 3 is 2.50 bits per heavy atom. The van der Waals surface area contributed by atoms with Crippen LogP contribution in [0.25, 0.3) is 0 Å². The van der Waals surface area contributed by atoms with Crippen LogP contribution in [0.15, 0.2) is 29.3 Å². The van der Waals surface area contributed by atoms with Gasteiger partial charge in [0.05, 0.1) is 16.0 Å². The van der Waals surface area contributed by atoms with Crippen molar-refractivity contribution in [2.24, 2.45) is 0 Å². The highest BCUT2D eigenvalue weighted by molar-refractivity contribution is 7.89. The molecular formula is C14H12Cl2N4O2S2. The number of rotatable bonds is 3. The van der Waals surface area contributed by atoms with Crippen LogP contribution in [0.5, 0.6) is 0 Å². The zero-order chi connectivity index (χ0) is 17.3. The average Bonchev–Trinajstić information content (AvgIpc) is 2.94. The van der Waals surface area contributed by atoms with Crippen LogP contribution in [-0.4, -0.2) is 43.9 Å². The first-order valence-corrected chi connectivity index (χ1v) is 9.99. The second kappa shape index (κ2) is 6.86. The monoisotopic (exact) mass is 402 g/mol. The van der Waals surface area contributed by atoms with Crippen molar-refractivity contribution in [2.75, 3.05) is 31.1 Å². The van der Waals surface area contributed by atoms with Gasteiger partial charge in [-0.1, -0.05) is 23.2 Å². The molecule has 0 aromatic carbocycles. The molecule has 126 valence electrons. The molecule has 1 saturated heterocycles. The summed E-state index contributed by atoms with van der Waals surface area (Å²) in [6.45, 7) is 1.59. The minimum absolute atomic E-state index is 0.0530. The summed E-state index contributed by atoms with van der Waals surface area (Å²) in [5, 5.41) is 8.96. The van der Waals surface area contributed by atoms with Gasteiger partial charge in [0.15, 0.2) is 0 Å². The van der Waals surface area contributed by atoms with Gasteiger partial charge < -0.3 is 4.90 Å². The van der Waals surface area contributed by atoms with Gasteiger partial charge in [-0.25, -0.2) is 13.4 Å². The molecule has 2 aromatic rings. The molecular weight excluding hydrogens is 391 g/mol. The van der Waals surface area contributed by atoms with Gasteiger partial charge in [-0.15, -0.1) is 11.3 Å². The van der Waals surface area contributed by atoms with Crippen molar-refractivity contribution >= 4 is 50.4 Å². The lowest BCUT2D eigenvalue weighted by Gasteiger charge is -2.34. The second-order valence-corrected chi connectivity index (χ2v) is 9.29. The van der Waals surface area contributed by atoms with E-state index in [-0.39, 0.29) is 9.23 Å². The maximum Gasteiger partial charge on any atom is 0.245 e. The van der Waals surface area contributed by atoms with Gasteiger partial charge in [-0.2, -0.15) is 9.57 Å². The number of nitrogens with zero attached hydrogens (tertiary/aromatic N) is 4. The third-order valence-electron chi connectivity index (χ3n) is 3.68. The Labute approximate surface area is 153 Å². The van der Waals surface area contributed by atoms with Crippen molar-refractivity contribution in [2.45, 2.75) is 4.90 Å². The Balaban J connectivity index is 1.75. The van der Waals surface area contributed by atoms with Crippen LogP contribution in [0.1, 0.15) is 5.56 Å². The van der Waals surface area contributed by atoms with Crippen LogP contribution in [0, 0.1) is 11.3 Å². The molecule has 0 bridgehead atoms. The predicted molar refractivity (Wildman–Crippen MR) is 94.3 cm³/mol. The lowest BCUT2D eigenvalue weighted by Crippen LogP contribution is -2.48. The molecule has 0 radical (unpaired) electrons. The Kier molecular flexibility index (Phi) is 4.99. The van der Waals surface area contributed by atoms with Gasteiger partial charge in [0.2, 0.25) is 10.0 Å². The van der Waals surface area contributed by atoms with Crippen LogP contribution < -0.4 is 4.90 Å². The molecule has 0 aliphatic carbocycles. The van der Waals surface area contributed by atoms with Gasteiger partial charge in [-0.3, -0.25) is 0 Å². The van der Waals surface area contributed by atoms with E-state index in [4.69, 9.17) is 28.5 Å². The van der Waals surface area contributed by atoms with E-state index in [2.05, 4.69) is 11.1 Å². The molecule has 0 saturated carbocycles. The summed E-state index contributed by atoms with van der Waals surface area (Å²) in [6, 6.07) is 6.78. The number of anilines is 1. The highest BCUT2D eigenvalue weighted by Crippen LogP contribution is 2.36. The van der Waals surface area contributed by atoms with Crippen molar-refractivity contribution in [1.29, 1.82) is 5.26 Å². The lowest BCUT2D eigenvalue weighted by molar-refractivity contribution is 0.384. The molecule has 0 N–H and O–H groups in total. The summed E-state index contributed by atoms with van der Waals surface area (Å²) in [4.78, 5) is 6.25. The molecule has 0 amide bonds. The number of hydrogen-bond acceptors (Lipinski definition) is 6. The summed E-state index contributed by atoms with van der Waals surface area (Å²) < 4.78 is 27.3. The molecule has 10 heteroatoms. The number of sulfonamides is 1. The first kappa shape index (κ1) is 17.5. The van der Waals surface area contributed by atoms with Gasteiger partial charge in [0.1, 0.15) is 15.0 Å². The fourth-order valence-corrected chi connectivity index (χ4v) is 5.99. The van der Waals surface area contributed by atoms with E-state index in [1.807, 2.05) is 4.90 Å². The van der Waals surface area contributed by atoms with Crippen molar-refractivity contribution in [3.05, 3.63) is 38.6 Å². The molecule has 0 spiro atoms. The number of piperazine rings is 1. The molecule has 3 heterocycles. The van der Waals surface area contributed by atoms with Crippen LogP contribution in [-0.2, 0) is 10.0 Å². The number of aromatic nitrogens is 1. The molecule has 1 fully saturated rings. The Morgan fingerprint density at radius 2 is 1.92 bits per heavy atom.